The minimum Gasteiger partial charge on any atom is -0.327 e. The fourth-order valence-electron chi connectivity index (χ4n) is 3.92. The topological polar surface area (TPSA) is 29.3 Å². The van der Waals surface area contributed by atoms with E-state index in [2.05, 4.69) is 17.0 Å². The molecule has 2 nitrogen and oxygen atoms in total. The van der Waals surface area contributed by atoms with Gasteiger partial charge in [0.05, 0.1) is 0 Å². The molecule has 1 aliphatic heterocycles. The van der Waals surface area contributed by atoms with E-state index in [1.54, 1.807) is 0 Å². The van der Waals surface area contributed by atoms with Crippen LogP contribution in [0.4, 0.5) is 0 Å². The largest absolute Gasteiger partial charge is 0.327 e. The van der Waals surface area contributed by atoms with Crippen molar-refractivity contribution < 1.29 is 0 Å². The second-order valence-corrected chi connectivity index (χ2v) is 7.05. The highest BCUT2D eigenvalue weighted by Gasteiger charge is 2.28. The van der Waals surface area contributed by atoms with Gasteiger partial charge in [-0.1, -0.05) is 36.6 Å². The summed E-state index contributed by atoms with van der Waals surface area (Å²) in [5.41, 5.74) is 7.68. The first-order chi connectivity index (χ1) is 9.70. The summed E-state index contributed by atoms with van der Waals surface area (Å²) in [6.45, 7) is 3.48. The molecule has 2 aliphatic rings. The van der Waals surface area contributed by atoms with Crippen molar-refractivity contribution in [2.75, 3.05) is 19.6 Å². The van der Waals surface area contributed by atoms with Crippen molar-refractivity contribution in [2.45, 2.75) is 44.1 Å². The lowest BCUT2D eigenvalue weighted by Gasteiger charge is -2.37. The van der Waals surface area contributed by atoms with Gasteiger partial charge in [0.2, 0.25) is 0 Å². The summed E-state index contributed by atoms with van der Waals surface area (Å²) in [4.78, 5) is 2.60. The van der Waals surface area contributed by atoms with Crippen molar-refractivity contribution in [3.63, 3.8) is 0 Å². The van der Waals surface area contributed by atoms with Gasteiger partial charge in [0.15, 0.2) is 0 Å². The highest BCUT2D eigenvalue weighted by Crippen LogP contribution is 2.30. The molecule has 2 unspecified atom stereocenters. The number of nitrogens with two attached hydrogens (primary N) is 1. The van der Waals surface area contributed by atoms with Gasteiger partial charge in [0.25, 0.3) is 0 Å². The summed E-state index contributed by atoms with van der Waals surface area (Å²) >= 11 is 5.99. The smallest absolute Gasteiger partial charge is 0.0406 e. The molecule has 110 valence electrons. The Morgan fingerprint density at radius 3 is 2.50 bits per heavy atom. The van der Waals surface area contributed by atoms with Crippen LogP contribution >= 0.6 is 11.6 Å². The monoisotopic (exact) mass is 292 g/mol. The SMILES string of the molecule is NC1CC(c2ccc(Cl)cc2)CN(CC2CCCC2)C1. The van der Waals surface area contributed by atoms with Crippen LogP contribution in [0.3, 0.4) is 0 Å². The first-order valence-electron chi connectivity index (χ1n) is 7.94. The van der Waals surface area contributed by atoms with Crippen LogP contribution in [-0.4, -0.2) is 30.6 Å². The van der Waals surface area contributed by atoms with E-state index in [-0.39, 0.29) is 0 Å². The van der Waals surface area contributed by atoms with E-state index in [0.717, 1.165) is 30.5 Å². The molecule has 0 aromatic heterocycles. The maximum absolute atomic E-state index is 6.29. The Hall–Kier alpha value is -0.570. The molecule has 1 saturated heterocycles. The third-order valence-electron chi connectivity index (χ3n) is 4.89. The third kappa shape index (κ3) is 3.55. The van der Waals surface area contributed by atoms with Gasteiger partial charge >= 0.3 is 0 Å². The summed E-state index contributed by atoms with van der Waals surface area (Å²) in [5, 5.41) is 0.816. The Balaban J connectivity index is 1.64. The molecule has 1 heterocycles. The maximum Gasteiger partial charge on any atom is 0.0406 e. The van der Waals surface area contributed by atoms with Gasteiger partial charge in [-0.15, -0.1) is 0 Å². The maximum atomic E-state index is 6.29. The minimum absolute atomic E-state index is 0.311. The zero-order valence-corrected chi connectivity index (χ0v) is 12.9. The summed E-state index contributed by atoms with van der Waals surface area (Å²) in [5.74, 6) is 1.48. The third-order valence-corrected chi connectivity index (χ3v) is 5.14. The van der Waals surface area contributed by atoms with E-state index < -0.39 is 0 Å². The average molecular weight is 293 g/mol. The molecule has 2 atom stereocenters. The Labute approximate surface area is 127 Å². The lowest BCUT2D eigenvalue weighted by molar-refractivity contribution is 0.164. The number of hydrogen-bond donors (Lipinski definition) is 1. The lowest BCUT2D eigenvalue weighted by Crippen LogP contribution is -2.47. The minimum atomic E-state index is 0.311. The molecule has 1 aromatic carbocycles. The van der Waals surface area contributed by atoms with Crippen LogP contribution < -0.4 is 5.73 Å². The predicted molar refractivity (Wildman–Crippen MR) is 85.2 cm³/mol. The van der Waals surface area contributed by atoms with E-state index in [1.165, 1.54) is 37.8 Å². The quantitative estimate of drug-likeness (QED) is 0.921. The van der Waals surface area contributed by atoms with Crippen molar-refractivity contribution in [3.8, 4) is 0 Å². The Morgan fingerprint density at radius 1 is 1.10 bits per heavy atom. The van der Waals surface area contributed by atoms with E-state index in [0.29, 0.717) is 12.0 Å². The molecule has 0 amide bonds. The molecule has 0 radical (unpaired) electrons. The zero-order chi connectivity index (χ0) is 13.9. The number of likely N-dealkylation sites (tertiary alicyclic amines) is 1. The molecule has 2 fully saturated rings. The summed E-state index contributed by atoms with van der Waals surface area (Å²) in [6, 6.07) is 8.64. The van der Waals surface area contributed by atoms with E-state index >= 15 is 0 Å². The molecule has 3 heteroatoms. The van der Waals surface area contributed by atoms with Gasteiger partial charge < -0.3 is 10.6 Å². The standard InChI is InChI=1S/C17H25ClN2/c18-16-7-5-14(6-8-16)15-9-17(19)12-20(11-15)10-13-3-1-2-4-13/h5-8,13,15,17H,1-4,9-12,19H2. The number of halogens is 1. The summed E-state index contributed by atoms with van der Waals surface area (Å²) in [7, 11) is 0. The number of piperidine rings is 1. The zero-order valence-electron chi connectivity index (χ0n) is 12.1. The van der Waals surface area contributed by atoms with Gasteiger partial charge in [0.1, 0.15) is 0 Å². The van der Waals surface area contributed by atoms with Crippen LogP contribution in [0.15, 0.2) is 24.3 Å². The summed E-state index contributed by atoms with van der Waals surface area (Å²) < 4.78 is 0. The molecule has 1 aliphatic carbocycles. The Morgan fingerprint density at radius 2 is 1.80 bits per heavy atom. The normalized spacial score (nSPS) is 28.9. The highest BCUT2D eigenvalue weighted by molar-refractivity contribution is 6.30. The van der Waals surface area contributed by atoms with Gasteiger partial charge in [0, 0.05) is 30.7 Å². The number of rotatable bonds is 3. The van der Waals surface area contributed by atoms with E-state index in [4.69, 9.17) is 17.3 Å². The summed E-state index contributed by atoms with van der Waals surface area (Å²) in [6.07, 6.45) is 6.77. The fraction of sp³-hybridized carbons (Fsp3) is 0.647. The molecule has 3 rings (SSSR count). The van der Waals surface area contributed by atoms with Crippen LogP contribution in [0, 0.1) is 5.92 Å². The number of hydrogen-bond acceptors (Lipinski definition) is 2. The molecule has 0 bridgehead atoms. The second-order valence-electron chi connectivity index (χ2n) is 6.61. The van der Waals surface area contributed by atoms with Crippen LogP contribution in [0.1, 0.15) is 43.6 Å². The molecular weight excluding hydrogens is 268 g/mol. The van der Waals surface area contributed by atoms with Crippen molar-refractivity contribution in [2.24, 2.45) is 11.7 Å². The predicted octanol–water partition coefficient (Wildman–Crippen LogP) is 3.65. The van der Waals surface area contributed by atoms with Gasteiger partial charge in [-0.25, -0.2) is 0 Å². The molecule has 1 saturated carbocycles. The molecular formula is C17H25ClN2. The van der Waals surface area contributed by atoms with Crippen LogP contribution in [0.2, 0.25) is 5.02 Å². The van der Waals surface area contributed by atoms with Gasteiger partial charge in [-0.05, 0) is 48.8 Å². The van der Waals surface area contributed by atoms with Crippen LogP contribution in [0.25, 0.3) is 0 Å². The van der Waals surface area contributed by atoms with Crippen LogP contribution in [-0.2, 0) is 0 Å². The van der Waals surface area contributed by atoms with Crippen molar-refractivity contribution in [1.29, 1.82) is 0 Å². The molecule has 2 N–H and O–H groups in total. The molecule has 0 spiro atoms. The van der Waals surface area contributed by atoms with Crippen molar-refractivity contribution in [3.05, 3.63) is 34.9 Å². The lowest BCUT2D eigenvalue weighted by atomic mass is 9.88. The Kier molecular flexibility index (Phi) is 4.65. The van der Waals surface area contributed by atoms with Gasteiger partial charge in [-0.2, -0.15) is 0 Å². The fourth-order valence-corrected chi connectivity index (χ4v) is 4.04. The number of nitrogens with zero attached hydrogens (tertiary/aromatic N) is 1. The van der Waals surface area contributed by atoms with Gasteiger partial charge in [-0.3, -0.25) is 0 Å². The number of benzene rings is 1. The van der Waals surface area contributed by atoms with Crippen molar-refractivity contribution in [1.82, 2.24) is 4.90 Å². The first-order valence-corrected chi connectivity index (χ1v) is 8.32. The second kappa shape index (κ2) is 6.46. The average Bonchev–Trinajstić information content (AvgIpc) is 2.91. The molecule has 1 aromatic rings. The van der Waals surface area contributed by atoms with Crippen molar-refractivity contribution >= 4 is 11.6 Å². The highest BCUT2D eigenvalue weighted by atomic mass is 35.5. The van der Waals surface area contributed by atoms with E-state index in [1.807, 2.05) is 12.1 Å². The Bertz CT molecular complexity index is 425. The molecule has 20 heavy (non-hydrogen) atoms. The van der Waals surface area contributed by atoms with Crippen LogP contribution in [0.5, 0.6) is 0 Å². The van der Waals surface area contributed by atoms with E-state index in [9.17, 15) is 0 Å². The first kappa shape index (κ1) is 14.4.